The van der Waals surface area contributed by atoms with Crippen LogP contribution >= 0.6 is 0 Å². The molecular formula is C9H14F3N. The highest BCUT2D eigenvalue weighted by molar-refractivity contribution is 5.08. The largest absolute Gasteiger partial charge is 0.392 e. The Hall–Kier alpha value is -0.250. The predicted octanol–water partition coefficient (Wildman–Crippen LogP) is 2.13. The lowest BCUT2D eigenvalue weighted by atomic mass is 10.2. The lowest BCUT2D eigenvalue weighted by Gasteiger charge is -2.23. The summed E-state index contributed by atoms with van der Waals surface area (Å²) < 4.78 is 36.8. The van der Waals surface area contributed by atoms with Gasteiger partial charge in [0, 0.05) is 19.1 Å². The van der Waals surface area contributed by atoms with E-state index in [0.717, 1.165) is 0 Å². The first kappa shape index (κ1) is 9.31. The van der Waals surface area contributed by atoms with E-state index in [-0.39, 0.29) is 11.8 Å². The standard InChI is InChI=1S/C9H14F3N/c1-5(2)13-3-6-7(4-13)8(6)9(10,11)12/h5-8H,3-4H2,1-2H3/t6-,7+,8+. The van der Waals surface area contributed by atoms with Crippen LogP contribution in [0.1, 0.15) is 13.8 Å². The minimum Gasteiger partial charge on any atom is -0.300 e. The van der Waals surface area contributed by atoms with Crippen molar-refractivity contribution in [1.29, 1.82) is 0 Å². The second-order valence-electron chi connectivity index (χ2n) is 4.44. The van der Waals surface area contributed by atoms with E-state index in [1.165, 1.54) is 0 Å². The number of piperidine rings is 1. The van der Waals surface area contributed by atoms with Crippen molar-refractivity contribution in [2.24, 2.45) is 17.8 Å². The van der Waals surface area contributed by atoms with Gasteiger partial charge in [-0.3, -0.25) is 0 Å². The minimum absolute atomic E-state index is 0.0950. The number of halogens is 3. The van der Waals surface area contributed by atoms with Crippen LogP contribution in [-0.2, 0) is 0 Å². The first-order valence-corrected chi connectivity index (χ1v) is 4.72. The zero-order chi connectivity index (χ0) is 9.80. The minimum atomic E-state index is -3.95. The number of hydrogen-bond donors (Lipinski definition) is 0. The molecule has 0 aromatic rings. The lowest BCUT2D eigenvalue weighted by molar-refractivity contribution is -0.157. The topological polar surface area (TPSA) is 3.24 Å². The molecule has 0 N–H and O–H groups in total. The molecule has 2 fully saturated rings. The van der Waals surface area contributed by atoms with E-state index >= 15 is 0 Å². The van der Waals surface area contributed by atoms with Crippen molar-refractivity contribution in [2.45, 2.75) is 26.1 Å². The first-order valence-electron chi connectivity index (χ1n) is 4.72. The second-order valence-corrected chi connectivity index (χ2v) is 4.44. The van der Waals surface area contributed by atoms with Crippen LogP contribution in [0.4, 0.5) is 13.2 Å². The lowest BCUT2D eigenvalue weighted by Crippen LogP contribution is -2.33. The van der Waals surface area contributed by atoms with E-state index in [2.05, 4.69) is 4.90 Å². The van der Waals surface area contributed by atoms with Gasteiger partial charge in [-0.1, -0.05) is 0 Å². The predicted molar refractivity (Wildman–Crippen MR) is 43.2 cm³/mol. The molecule has 2 rings (SSSR count). The maximum absolute atomic E-state index is 12.3. The molecule has 0 radical (unpaired) electrons. The number of alkyl halides is 3. The molecule has 0 amide bonds. The van der Waals surface area contributed by atoms with Crippen LogP contribution in [0.2, 0.25) is 0 Å². The molecule has 0 aromatic heterocycles. The van der Waals surface area contributed by atoms with E-state index in [9.17, 15) is 13.2 Å². The SMILES string of the molecule is CC(C)N1C[C@@H]2[C@H](C1)[C@H]2C(F)(F)F. The summed E-state index contributed by atoms with van der Waals surface area (Å²) >= 11 is 0. The summed E-state index contributed by atoms with van der Waals surface area (Å²) in [6.45, 7) is 5.36. The molecule has 1 aliphatic carbocycles. The van der Waals surface area contributed by atoms with Crippen molar-refractivity contribution in [3.63, 3.8) is 0 Å². The number of likely N-dealkylation sites (tertiary alicyclic amines) is 1. The molecule has 76 valence electrons. The molecule has 13 heavy (non-hydrogen) atoms. The van der Waals surface area contributed by atoms with Crippen molar-refractivity contribution in [3.05, 3.63) is 0 Å². The monoisotopic (exact) mass is 193 g/mol. The second kappa shape index (κ2) is 2.62. The Kier molecular flexibility index (Phi) is 1.88. The molecule has 0 aromatic carbocycles. The van der Waals surface area contributed by atoms with Crippen LogP contribution in [-0.4, -0.2) is 30.2 Å². The average Bonchev–Trinajstić information content (AvgIpc) is 2.48. The number of nitrogens with zero attached hydrogens (tertiary/aromatic N) is 1. The van der Waals surface area contributed by atoms with Gasteiger partial charge in [0.05, 0.1) is 5.92 Å². The molecule has 1 heterocycles. The number of rotatable bonds is 1. The van der Waals surface area contributed by atoms with Crippen molar-refractivity contribution in [1.82, 2.24) is 4.90 Å². The highest BCUT2D eigenvalue weighted by atomic mass is 19.4. The number of hydrogen-bond acceptors (Lipinski definition) is 1. The molecule has 3 atom stereocenters. The number of fused-ring (bicyclic) bond motifs is 1. The molecule has 2 aliphatic rings. The molecule has 1 nitrogen and oxygen atoms in total. The molecule has 1 saturated carbocycles. The fraction of sp³-hybridized carbons (Fsp3) is 1.00. The van der Waals surface area contributed by atoms with Gasteiger partial charge < -0.3 is 4.90 Å². The van der Waals surface area contributed by atoms with Gasteiger partial charge >= 0.3 is 6.18 Å². The van der Waals surface area contributed by atoms with Crippen molar-refractivity contribution >= 4 is 0 Å². The van der Waals surface area contributed by atoms with Gasteiger partial charge in [-0.05, 0) is 25.7 Å². The van der Waals surface area contributed by atoms with Crippen LogP contribution in [0.5, 0.6) is 0 Å². The van der Waals surface area contributed by atoms with Crippen molar-refractivity contribution in [3.8, 4) is 0 Å². The normalized spacial score (nSPS) is 39.7. The summed E-state index contributed by atoms with van der Waals surface area (Å²) in [5.74, 6) is -1.17. The molecule has 1 aliphatic heterocycles. The van der Waals surface area contributed by atoms with Crippen LogP contribution < -0.4 is 0 Å². The third kappa shape index (κ3) is 1.45. The Morgan fingerprint density at radius 1 is 1.15 bits per heavy atom. The molecule has 0 bridgehead atoms. The van der Waals surface area contributed by atoms with Crippen molar-refractivity contribution < 1.29 is 13.2 Å². The van der Waals surface area contributed by atoms with Crippen LogP contribution in [0, 0.1) is 17.8 Å². The first-order chi connectivity index (χ1) is 5.91. The fourth-order valence-electron chi connectivity index (χ4n) is 2.47. The van der Waals surface area contributed by atoms with E-state index in [1.54, 1.807) is 0 Å². The summed E-state index contributed by atoms with van der Waals surface area (Å²) in [5, 5.41) is 0. The Morgan fingerprint density at radius 3 is 1.92 bits per heavy atom. The molecule has 1 saturated heterocycles. The summed E-state index contributed by atoms with van der Waals surface area (Å²) in [5.41, 5.74) is 0. The van der Waals surface area contributed by atoms with Gasteiger partial charge in [0.25, 0.3) is 0 Å². The van der Waals surface area contributed by atoms with Gasteiger partial charge in [0.2, 0.25) is 0 Å². The zero-order valence-electron chi connectivity index (χ0n) is 7.80. The molecular weight excluding hydrogens is 179 g/mol. The Bertz CT molecular complexity index is 199. The van der Waals surface area contributed by atoms with E-state index in [1.807, 2.05) is 13.8 Å². The molecule has 4 heteroatoms. The summed E-state index contributed by atoms with van der Waals surface area (Å²) in [6, 6.07) is 0.390. The average molecular weight is 193 g/mol. The van der Waals surface area contributed by atoms with Crippen molar-refractivity contribution in [2.75, 3.05) is 13.1 Å². The van der Waals surface area contributed by atoms with Gasteiger partial charge in [-0.2, -0.15) is 13.2 Å². The van der Waals surface area contributed by atoms with Gasteiger partial charge in [-0.25, -0.2) is 0 Å². The molecule has 0 spiro atoms. The third-order valence-corrected chi connectivity index (χ3v) is 3.33. The van der Waals surface area contributed by atoms with Crippen LogP contribution in [0.15, 0.2) is 0 Å². The van der Waals surface area contributed by atoms with E-state index < -0.39 is 12.1 Å². The smallest absolute Gasteiger partial charge is 0.300 e. The maximum atomic E-state index is 12.3. The fourth-order valence-corrected chi connectivity index (χ4v) is 2.47. The van der Waals surface area contributed by atoms with Gasteiger partial charge in [0.15, 0.2) is 0 Å². The zero-order valence-corrected chi connectivity index (χ0v) is 7.80. The third-order valence-electron chi connectivity index (χ3n) is 3.33. The van der Waals surface area contributed by atoms with Crippen LogP contribution in [0.25, 0.3) is 0 Å². The summed E-state index contributed by atoms with van der Waals surface area (Å²) in [4.78, 5) is 2.14. The van der Waals surface area contributed by atoms with E-state index in [0.29, 0.717) is 19.1 Å². The summed E-state index contributed by atoms with van der Waals surface area (Å²) in [6.07, 6.45) is -3.95. The summed E-state index contributed by atoms with van der Waals surface area (Å²) in [7, 11) is 0. The maximum Gasteiger partial charge on any atom is 0.392 e. The Balaban J connectivity index is 1.91. The van der Waals surface area contributed by atoms with Crippen LogP contribution in [0.3, 0.4) is 0 Å². The van der Waals surface area contributed by atoms with E-state index in [4.69, 9.17) is 0 Å². The van der Waals surface area contributed by atoms with Gasteiger partial charge in [0.1, 0.15) is 0 Å². The quantitative estimate of drug-likeness (QED) is 0.616. The highest BCUT2D eigenvalue weighted by Crippen LogP contribution is 2.59. The molecule has 0 unspecified atom stereocenters. The Labute approximate surface area is 75.9 Å². The highest BCUT2D eigenvalue weighted by Gasteiger charge is 2.67. The Morgan fingerprint density at radius 2 is 1.62 bits per heavy atom. The van der Waals surface area contributed by atoms with Gasteiger partial charge in [-0.15, -0.1) is 0 Å².